The molecular weight excluding hydrogens is 250 g/mol. The molecule has 0 bridgehead atoms. The second-order valence-electron chi connectivity index (χ2n) is 3.83. The van der Waals surface area contributed by atoms with Gasteiger partial charge in [-0.2, -0.15) is 0 Å². The molecule has 5 heteroatoms. The fourth-order valence-electron chi connectivity index (χ4n) is 1.55. The quantitative estimate of drug-likeness (QED) is 0.873. The monoisotopic (exact) mass is 261 g/mol. The summed E-state index contributed by atoms with van der Waals surface area (Å²) in [5.74, 6) is -0.0305. The number of nitrogens with zero attached hydrogens (tertiary/aromatic N) is 1. The highest BCUT2D eigenvalue weighted by Crippen LogP contribution is 2.25. The Hall–Kier alpha value is -2.07. The van der Waals surface area contributed by atoms with Gasteiger partial charge in [-0.1, -0.05) is 29.8 Å². The van der Waals surface area contributed by atoms with Gasteiger partial charge in [-0.15, -0.1) is 0 Å². The summed E-state index contributed by atoms with van der Waals surface area (Å²) in [4.78, 5) is 15.9. The number of amides is 1. The van der Waals surface area contributed by atoms with Crippen molar-refractivity contribution in [3.63, 3.8) is 0 Å². The summed E-state index contributed by atoms with van der Waals surface area (Å²) in [7, 11) is 0. The Labute approximate surface area is 110 Å². The van der Waals surface area contributed by atoms with Crippen molar-refractivity contribution in [1.82, 2.24) is 4.98 Å². The second-order valence-corrected chi connectivity index (χ2v) is 4.24. The molecule has 0 radical (unpaired) electrons. The van der Waals surface area contributed by atoms with Gasteiger partial charge < -0.3 is 11.1 Å². The van der Waals surface area contributed by atoms with Crippen molar-refractivity contribution in [2.75, 3.05) is 11.1 Å². The third-order valence-electron chi connectivity index (χ3n) is 2.46. The Morgan fingerprint density at radius 2 is 2.00 bits per heavy atom. The van der Waals surface area contributed by atoms with E-state index in [2.05, 4.69) is 10.3 Å². The van der Waals surface area contributed by atoms with Crippen molar-refractivity contribution >= 4 is 29.0 Å². The minimum Gasteiger partial charge on any atom is -0.384 e. The predicted molar refractivity (Wildman–Crippen MR) is 72.8 cm³/mol. The number of nitrogen functional groups attached to an aromatic ring is 1. The van der Waals surface area contributed by atoms with Crippen LogP contribution in [0, 0.1) is 6.92 Å². The summed E-state index contributed by atoms with van der Waals surface area (Å²) >= 11 is 6.03. The molecule has 2 aromatic rings. The van der Waals surface area contributed by atoms with Gasteiger partial charge in [-0.05, 0) is 30.7 Å². The number of para-hydroxylation sites is 1. The Kier molecular flexibility index (Phi) is 3.48. The van der Waals surface area contributed by atoms with Crippen LogP contribution in [-0.4, -0.2) is 10.9 Å². The van der Waals surface area contributed by atoms with E-state index in [-0.39, 0.29) is 11.6 Å². The first kappa shape index (κ1) is 12.4. The minimum absolute atomic E-state index is 0.259. The van der Waals surface area contributed by atoms with E-state index in [0.717, 1.165) is 5.56 Å². The van der Waals surface area contributed by atoms with Gasteiger partial charge in [0.2, 0.25) is 0 Å². The van der Waals surface area contributed by atoms with E-state index in [0.29, 0.717) is 16.5 Å². The molecule has 18 heavy (non-hydrogen) atoms. The number of aromatic nitrogens is 1. The van der Waals surface area contributed by atoms with Crippen molar-refractivity contribution in [3.8, 4) is 0 Å². The van der Waals surface area contributed by atoms with Crippen molar-refractivity contribution in [3.05, 3.63) is 52.7 Å². The van der Waals surface area contributed by atoms with Gasteiger partial charge in [-0.25, -0.2) is 4.98 Å². The Bertz CT molecular complexity index is 578. The van der Waals surface area contributed by atoms with Gasteiger partial charge in [-0.3, -0.25) is 4.79 Å². The van der Waals surface area contributed by atoms with E-state index < -0.39 is 0 Å². The van der Waals surface area contributed by atoms with E-state index in [4.69, 9.17) is 17.3 Å². The molecule has 0 atom stereocenters. The lowest BCUT2D eigenvalue weighted by molar-refractivity contribution is 0.102. The fourth-order valence-corrected chi connectivity index (χ4v) is 1.81. The molecular formula is C13H12ClN3O. The molecule has 0 saturated heterocycles. The minimum atomic E-state index is -0.335. The number of hydrogen-bond donors (Lipinski definition) is 2. The molecule has 0 spiro atoms. The van der Waals surface area contributed by atoms with Crippen molar-refractivity contribution in [2.24, 2.45) is 0 Å². The first-order chi connectivity index (χ1) is 8.58. The summed E-state index contributed by atoms with van der Waals surface area (Å²) < 4.78 is 0. The molecule has 1 aromatic carbocycles. The zero-order valence-electron chi connectivity index (χ0n) is 9.77. The maximum atomic E-state index is 12.0. The molecule has 0 unspecified atom stereocenters. The number of rotatable bonds is 2. The number of carbonyl (C=O) groups is 1. The van der Waals surface area contributed by atoms with Crippen LogP contribution in [0.1, 0.15) is 16.1 Å². The van der Waals surface area contributed by atoms with Gasteiger partial charge in [0.25, 0.3) is 5.91 Å². The normalized spacial score (nSPS) is 10.1. The average Bonchev–Trinajstić information content (AvgIpc) is 2.34. The molecule has 0 aliphatic carbocycles. The van der Waals surface area contributed by atoms with E-state index in [1.54, 1.807) is 24.3 Å². The van der Waals surface area contributed by atoms with Crippen LogP contribution in [0.4, 0.5) is 11.5 Å². The fraction of sp³-hybridized carbons (Fsp3) is 0.0769. The number of nitrogens with one attached hydrogen (secondary N) is 1. The number of benzene rings is 1. The van der Waals surface area contributed by atoms with Crippen molar-refractivity contribution < 1.29 is 4.79 Å². The lowest BCUT2D eigenvalue weighted by Crippen LogP contribution is -2.15. The molecule has 0 fully saturated rings. The molecule has 1 amide bonds. The molecule has 1 heterocycles. The van der Waals surface area contributed by atoms with Gasteiger partial charge >= 0.3 is 0 Å². The summed E-state index contributed by atoms with van der Waals surface area (Å²) in [6, 6.07) is 10.3. The zero-order valence-corrected chi connectivity index (χ0v) is 10.5. The van der Waals surface area contributed by atoms with Crippen LogP contribution in [0.15, 0.2) is 36.4 Å². The second kappa shape index (κ2) is 5.06. The maximum Gasteiger partial charge on any atom is 0.274 e. The maximum absolute atomic E-state index is 12.0. The highest BCUT2D eigenvalue weighted by Gasteiger charge is 2.11. The van der Waals surface area contributed by atoms with Crippen molar-refractivity contribution in [2.45, 2.75) is 6.92 Å². The number of carbonyl (C=O) groups excluding carboxylic acids is 1. The van der Waals surface area contributed by atoms with Gasteiger partial charge in [0.05, 0.1) is 10.7 Å². The summed E-state index contributed by atoms with van der Waals surface area (Å²) in [6.07, 6.45) is 0. The molecule has 0 aliphatic rings. The molecule has 1 aromatic heterocycles. The first-order valence-corrected chi connectivity index (χ1v) is 5.74. The first-order valence-electron chi connectivity index (χ1n) is 5.37. The number of anilines is 2. The largest absolute Gasteiger partial charge is 0.384 e. The van der Waals surface area contributed by atoms with E-state index in [1.165, 1.54) is 0 Å². The standard InChI is InChI=1S/C13H12ClN3O/c1-8-4-2-5-9(14)12(8)17-13(18)10-6-3-7-11(15)16-10/h2-7H,1H3,(H2,15,16)(H,17,18). The van der Waals surface area contributed by atoms with Crippen LogP contribution in [0.2, 0.25) is 5.02 Å². The van der Waals surface area contributed by atoms with Gasteiger partial charge in [0, 0.05) is 0 Å². The van der Waals surface area contributed by atoms with Crippen LogP contribution in [0.5, 0.6) is 0 Å². The summed E-state index contributed by atoms with van der Waals surface area (Å²) in [6.45, 7) is 1.87. The van der Waals surface area contributed by atoms with Crippen molar-refractivity contribution in [1.29, 1.82) is 0 Å². The van der Waals surface area contributed by atoms with Gasteiger partial charge in [0.15, 0.2) is 0 Å². The van der Waals surface area contributed by atoms with E-state index in [1.807, 2.05) is 19.1 Å². The molecule has 4 nitrogen and oxygen atoms in total. The summed E-state index contributed by atoms with van der Waals surface area (Å²) in [5, 5.41) is 3.23. The highest BCUT2D eigenvalue weighted by molar-refractivity contribution is 6.34. The smallest absolute Gasteiger partial charge is 0.274 e. The SMILES string of the molecule is Cc1cccc(Cl)c1NC(=O)c1cccc(N)n1. The van der Waals surface area contributed by atoms with Crippen LogP contribution >= 0.6 is 11.6 Å². The molecule has 92 valence electrons. The highest BCUT2D eigenvalue weighted by atomic mass is 35.5. The number of nitrogens with two attached hydrogens (primary N) is 1. The number of halogens is 1. The third-order valence-corrected chi connectivity index (χ3v) is 2.78. The number of pyridine rings is 1. The molecule has 2 rings (SSSR count). The topological polar surface area (TPSA) is 68.0 Å². The molecule has 0 saturated carbocycles. The Balaban J connectivity index is 2.27. The van der Waals surface area contributed by atoms with Crippen LogP contribution in [-0.2, 0) is 0 Å². The lowest BCUT2D eigenvalue weighted by atomic mass is 10.2. The van der Waals surface area contributed by atoms with Crippen LogP contribution in [0.25, 0.3) is 0 Å². The summed E-state index contributed by atoms with van der Waals surface area (Å²) in [5.41, 5.74) is 7.27. The lowest BCUT2D eigenvalue weighted by Gasteiger charge is -2.09. The van der Waals surface area contributed by atoms with Crippen LogP contribution < -0.4 is 11.1 Å². The third kappa shape index (κ3) is 2.60. The van der Waals surface area contributed by atoms with E-state index in [9.17, 15) is 4.79 Å². The van der Waals surface area contributed by atoms with E-state index >= 15 is 0 Å². The zero-order chi connectivity index (χ0) is 13.1. The number of aryl methyl sites for hydroxylation is 1. The number of hydrogen-bond acceptors (Lipinski definition) is 3. The van der Waals surface area contributed by atoms with Gasteiger partial charge in [0.1, 0.15) is 11.5 Å². The molecule has 3 N–H and O–H groups in total. The van der Waals surface area contributed by atoms with Crippen LogP contribution in [0.3, 0.4) is 0 Å². The average molecular weight is 262 g/mol. The Morgan fingerprint density at radius 3 is 2.67 bits per heavy atom. The Morgan fingerprint density at radius 1 is 1.28 bits per heavy atom. The predicted octanol–water partition coefficient (Wildman–Crippen LogP) is 2.88. The molecule has 0 aliphatic heterocycles.